The van der Waals surface area contributed by atoms with E-state index in [1.165, 1.54) is 0 Å². The number of aliphatic hydroxyl groups is 1. The van der Waals surface area contributed by atoms with Gasteiger partial charge in [-0.2, -0.15) is 5.26 Å². The van der Waals surface area contributed by atoms with Crippen LogP contribution in [0.3, 0.4) is 0 Å². The summed E-state index contributed by atoms with van der Waals surface area (Å²) in [5.41, 5.74) is 8.27. The number of hydrogen-bond donors (Lipinski definition) is 2. The zero-order chi connectivity index (χ0) is 13.8. The highest BCUT2D eigenvalue weighted by Gasteiger charge is 2.23. The smallest absolute Gasteiger partial charge is 0.101 e. The molecule has 0 bridgehead atoms. The molecule has 1 heterocycles. The van der Waals surface area contributed by atoms with E-state index in [0.717, 1.165) is 37.2 Å². The maximum absolute atomic E-state index is 9.62. The number of nitrogens with two attached hydrogens (primary N) is 1. The fraction of sp³-hybridized carbons (Fsp3) is 0.533. The van der Waals surface area contributed by atoms with Crippen LogP contribution in [-0.2, 0) is 6.54 Å². The van der Waals surface area contributed by atoms with E-state index in [1.807, 2.05) is 25.1 Å². The van der Waals surface area contributed by atoms with E-state index in [4.69, 9.17) is 5.73 Å². The van der Waals surface area contributed by atoms with Crippen LogP contribution in [0.15, 0.2) is 18.2 Å². The molecule has 0 radical (unpaired) electrons. The number of nitriles is 1. The van der Waals surface area contributed by atoms with Crippen molar-refractivity contribution in [2.75, 3.05) is 18.0 Å². The van der Waals surface area contributed by atoms with Crippen LogP contribution < -0.4 is 10.6 Å². The second kappa shape index (κ2) is 6.05. The molecule has 4 heteroatoms. The maximum Gasteiger partial charge on any atom is 0.101 e. The molecule has 0 saturated carbocycles. The van der Waals surface area contributed by atoms with Gasteiger partial charge in [-0.15, -0.1) is 0 Å². The zero-order valence-corrected chi connectivity index (χ0v) is 11.3. The molecule has 1 saturated heterocycles. The van der Waals surface area contributed by atoms with Crippen LogP contribution in [-0.4, -0.2) is 24.3 Å². The lowest BCUT2D eigenvalue weighted by molar-refractivity contribution is 0.110. The summed E-state index contributed by atoms with van der Waals surface area (Å²) in [5.74, 6) is 0.380. The highest BCUT2D eigenvalue weighted by atomic mass is 16.3. The van der Waals surface area contributed by atoms with Gasteiger partial charge in [-0.1, -0.05) is 6.07 Å². The summed E-state index contributed by atoms with van der Waals surface area (Å²) >= 11 is 0. The van der Waals surface area contributed by atoms with Crippen molar-refractivity contribution in [3.63, 3.8) is 0 Å². The summed E-state index contributed by atoms with van der Waals surface area (Å²) in [6.45, 7) is 4.11. The minimum atomic E-state index is -0.239. The van der Waals surface area contributed by atoms with Gasteiger partial charge in [0.25, 0.3) is 0 Å². The first-order chi connectivity index (χ1) is 9.15. The van der Waals surface area contributed by atoms with Crippen LogP contribution in [0.25, 0.3) is 0 Å². The molecule has 1 aliphatic heterocycles. The lowest BCUT2D eigenvalue weighted by Crippen LogP contribution is -2.37. The molecule has 4 nitrogen and oxygen atoms in total. The number of nitrogens with zero attached hydrogens (tertiary/aromatic N) is 2. The minimum Gasteiger partial charge on any atom is -0.393 e. The van der Waals surface area contributed by atoms with E-state index in [-0.39, 0.29) is 6.10 Å². The van der Waals surface area contributed by atoms with Gasteiger partial charge in [0.15, 0.2) is 0 Å². The SMILES string of the molecule is CC(O)C1CCN(c2ccc(CN)cc2C#N)CC1. The van der Waals surface area contributed by atoms with Crippen LogP contribution in [0.4, 0.5) is 5.69 Å². The van der Waals surface area contributed by atoms with Crippen LogP contribution in [0, 0.1) is 17.2 Å². The van der Waals surface area contributed by atoms with Crippen molar-refractivity contribution in [1.82, 2.24) is 0 Å². The Morgan fingerprint density at radius 3 is 2.68 bits per heavy atom. The second-order valence-corrected chi connectivity index (χ2v) is 5.23. The monoisotopic (exact) mass is 259 g/mol. The normalized spacial score (nSPS) is 18.1. The van der Waals surface area contributed by atoms with Crippen LogP contribution >= 0.6 is 0 Å². The van der Waals surface area contributed by atoms with Gasteiger partial charge in [-0.3, -0.25) is 0 Å². The number of benzene rings is 1. The Balaban J connectivity index is 2.13. The molecule has 1 atom stereocenters. The topological polar surface area (TPSA) is 73.3 Å². The minimum absolute atomic E-state index is 0.239. The van der Waals surface area contributed by atoms with Gasteiger partial charge in [-0.25, -0.2) is 0 Å². The Labute approximate surface area is 114 Å². The van der Waals surface area contributed by atoms with Gasteiger partial charge in [0, 0.05) is 19.6 Å². The predicted molar refractivity (Wildman–Crippen MR) is 75.7 cm³/mol. The van der Waals surface area contributed by atoms with Crippen molar-refractivity contribution in [1.29, 1.82) is 5.26 Å². The van der Waals surface area contributed by atoms with Crippen molar-refractivity contribution in [2.45, 2.75) is 32.4 Å². The molecule has 0 amide bonds. The summed E-state index contributed by atoms with van der Waals surface area (Å²) in [5, 5.41) is 18.9. The van der Waals surface area contributed by atoms with Crippen molar-refractivity contribution in [3.05, 3.63) is 29.3 Å². The fourth-order valence-electron chi connectivity index (χ4n) is 2.70. The van der Waals surface area contributed by atoms with Crippen LogP contribution in [0.1, 0.15) is 30.9 Å². The Bertz CT molecular complexity index is 471. The summed E-state index contributed by atoms with van der Waals surface area (Å²) in [7, 11) is 0. The first kappa shape index (κ1) is 13.9. The molecule has 1 aromatic rings. The van der Waals surface area contributed by atoms with Gasteiger partial charge >= 0.3 is 0 Å². The molecule has 1 aromatic carbocycles. The lowest BCUT2D eigenvalue weighted by atomic mass is 9.91. The number of anilines is 1. The Morgan fingerprint density at radius 2 is 2.16 bits per heavy atom. The van der Waals surface area contributed by atoms with Gasteiger partial charge in [0.2, 0.25) is 0 Å². The third kappa shape index (κ3) is 3.06. The zero-order valence-electron chi connectivity index (χ0n) is 11.3. The quantitative estimate of drug-likeness (QED) is 0.865. The lowest BCUT2D eigenvalue weighted by Gasteiger charge is -2.35. The van der Waals surface area contributed by atoms with E-state index < -0.39 is 0 Å². The fourth-order valence-corrected chi connectivity index (χ4v) is 2.70. The Kier molecular flexibility index (Phi) is 4.41. The highest BCUT2D eigenvalue weighted by molar-refractivity contribution is 5.60. The first-order valence-corrected chi connectivity index (χ1v) is 6.81. The van der Waals surface area contributed by atoms with E-state index in [0.29, 0.717) is 18.0 Å². The number of rotatable bonds is 3. The van der Waals surface area contributed by atoms with Gasteiger partial charge in [0.1, 0.15) is 6.07 Å². The van der Waals surface area contributed by atoms with Crippen molar-refractivity contribution in [2.24, 2.45) is 11.7 Å². The molecule has 2 rings (SSSR count). The molecule has 1 fully saturated rings. The molecule has 19 heavy (non-hydrogen) atoms. The maximum atomic E-state index is 9.62. The van der Waals surface area contributed by atoms with Gasteiger partial charge in [0.05, 0.1) is 17.4 Å². The average Bonchev–Trinajstić information content (AvgIpc) is 2.46. The van der Waals surface area contributed by atoms with E-state index in [9.17, 15) is 10.4 Å². The average molecular weight is 259 g/mol. The van der Waals surface area contributed by atoms with Crippen LogP contribution in [0.5, 0.6) is 0 Å². The Hall–Kier alpha value is -1.57. The molecule has 0 spiro atoms. The molecule has 1 unspecified atom stereocenters. The molecule has 0 aliphatic carbocycles. The summed E-state index contributed by atoms with van der Waals surface area (Å²) in [6.07, 6.45) is 1.71. The van der Waals surface area contributed by atoms with Gasteiger partial charge < -0.3 is 15.7 Å². The van der Waals surface area contributed by atoms with E-state index in [1.54, 1.807) is 0 Å². The highest BCUT2D eigenvalue weighted by Crippen LogP contribution is 2.28. The molecule has 102 valence electrons. The van der Waals surface area contributed by atoms with E-state index in [2.05, 4.69) is 11.0 Å². The predicted octanol–water partition coefficient (Wildman–Crippen LogP) is 1.61. The first-order valence-electron chi connectivity index (χ1n) is 6.81. The number of aliphatic hydroxyl groups excluding tert-OH is 1. The molecule has 1 aliphatic rings. The number of hydrogen-bond acceptors (Lipinski definition) is 4. The molecule has 0 aromatic heterocycles. The van der Waals surface area contributed by atoms with Crippen LogP contribution in [0.2, 0.25) is 0 Å². The van der Waals surface area contributed by atoms with Crippen molar-refractivity contribution in [3.8, 4) is 6.07 Å². The molecular formula is C15H21N3O. The van der Waals surface area contributed by atoms with E-state index >= 15 is 0 Å². The standard InChI is InChI=1S/C15H21N3O/c1-11(19)13-4-6-18(7-5-13)15-3-2-12(9-16)8-14(15)10-17/h2-3,8,11,13,19H,4-7,9,16H2,1H3. The Morgan fingerprint density at radius 1 is 1.47 bits per heavy atom. The second-order valence-electron chi connectivity index (χ2n) is 5.23. The molecule has 3 N–H and O–H groups in total. The summed E-state index contributed by atoms with van der Waals surface area (Å²) < 4.78 is 0. The third-order valence-electron chi connectivity index (χ3n) is 3.98. The van der Waals surface area contributed by atoms with Crippen molar-refractivity contribution >= 4 is 5.69 Å². The van der Waals surface area contributed by atoms with Crippen molar-refractivity contribution < 1.29 is 5.11 Å². The summed E-state index contributed by atoms with van der Waals surface area (Å²) in [6, 6.07) is 8.10. The molecular weight excluding hydrogens is 238 g/mol. The van der Waals surface area contributed by atoms with Gasteiger partial charge in [-0.05, 0) is 43.4 Å². The summed E-state index contributed by atoms with van der Waals surface area (Å²) in [4.78, 5) is 2.23. The largest absolute Gasteiger partial charge is 0.393 e. The number of piperidine rings is 1. The third-order valence-corrected chi connectivity index (χ3v) is 3.98.